The van der Waals surface area contributed by atoms with Gasteiger partial charge in [-0.1, -0.05) is 0 Å². The molecule has 1 aliphatic rings. The summed E-state index contributed by atoms with van der Waals surface area (Å²) in [6.07, 6.45) is 0.974. The maximum Gasteiger partial charge on any atom is 0.325 e. The minimum absolute atomic E-state index is 0.00104. The predicted molar refractivity (Wildman–Crippen MR) is 63.8 cm³/mol. The van der Waals surface area contributed by atoms with Gasteiger partial charge in [0, 0.05) is 19.8 Å². The molecular formula is C12H23NO4. The van der Waals surface area contributed by atoms with Gasteiger partial charge in [-0.3, -0.25) is 10.1 Å². The molecule has 17 heavy (non-hydrogen) atoms. The van der Waals surface area contributed by atoms with E-state index >= 15 is 0 Å². The number of methoxy groups -OCH3 is 2. The Bertz CT molecular complexity index is 267. The lowest BCUT2D eigenvalue weighted by molar-refractivity contribution is -0.155. The molecule has 0 aliphatic heterocycles. The number of ether oxygens (including phenoxy) is 3. The largest absolute Gasteiger partial charge is 0.468 e. The van der Waals surface area contributed by atoms with Crippen LogP contribution in [-0.4, -0.2) is 50.6 Å². The zero-order valence-corrected chi connectivity index (χ0v) is 11.3. The first-order valence-corrected chi connectivity index (χ1v) is 5.96. The summed E-state index contributed by atoms with van der Waals surface area (Å²) >= 11 is 0. The van der Waals surface area contributed by atoms with E-state index in [4.69, 9.17) is 14.2 Å². The lowest BCUT2D eigenvalue weighted by Gasteiger charge is -2.46. The van der Waals surface area contributed by atoms with Crippen LogP contribution >= 0.6 is 0 Å². The van der Waals surface area contributed by atoms with Crippen molar-refractivity contribution in [2.75, 3.05) is 20.8 Å². The maximum absolute atomic E-state index is 11.6. The molecule has 5 nitrogen and oxygen atoms in total. The average molecular weight is 245 g/mol. The van der Waals surface area contributed by atoms with Gasteiger partial charge in [0.1, 0.15) is 5.54 Å². The standard InChI is InChI=1S/C12H23NO4/c1-6-17-9-7-8(10(9)15-4)13-12(2,3)11(14)16-5/h8-10,13H,6-7H2,1-5H3. The van der Waals surface area contributed by atoms with Gasteiger partial charge in [-0.2, -0.15) is 0 Å². The first-order chi connectivity index (χ1) is 7.96. The monoisotopic (exact) mass is 245 g/mol. The third-order valence-electron chi connectivity index (χ3n) is 3.14. The Kier molecular flexibility index (Phi) is 4.91. The summed E-state index contributed by atoms with van der Waals surface area (Å²) in [4.78, 5) is 11.6. The molecule has 0 aromatic carbocycles. The van der Waals surface area contributed by atoms with Crippen LogP contribution in [0.15, 0.2) is 0 Å². The number of carbonyl (C=O) groups is 1. The minimum atomic E-state index is -0.701. The van der Waals surface area contributed by atoms with Crippen molar-refractivity contribution in [3.8, 4) is 0 Å². The average Bonchev–Trinajstić information content (AvgIpc) is 2.26. The second kappa shape index (κ2) is 5.80. The molecule has 3 atom stereocenters. The van der Waals surface area contributed by atoms with Crippen molar-refractivity contribution in [2.24, 2.45) is 0 Å². The van der Waals surface area contributed by atoms with Gasteiger partial charge in [0.2, 0.25) is 0 Å². The number of nitrogens with one attached hydrogen (secondary N) is 1. The van der Waals surface area contributed by atoms with Crippen molar-refractivity contribution in [2.45, 2.75) is 51.0 Å². The van der Waals surface area contributed by atoms with Gasteiger partial charge in [0.15, 0.2) is 0 Å². The van der Waals surface area contributed by atoms with Gasteiger partial charge in [-0.15, -0.1) is 0 Å². The second-order valence-electron chi connectivity index (χ2n) is 4.80. The highest BCUT2D eigenvalue weighted by Crippen LogP contribution is 2.28. The van der Waals surface area contributed by atoms with E-state index in [9.17, 15) is 4.79 Å². The van der Waals surface area contributed by atoms with Crippen molar-refractivity contribution in [1.82, 2.24) is 5.32 Å². The Morgan fingerprint density at radius 1 is 1.41 bits per heavy atom. The van der Waals surface area contributed by atoms with Crippen LogP contribution in [0.25, 0.3) is 0 Å². The van der Waals surface area contributed by atoms with Crippen LogP contribution in [0.1, 0.15) is 27.2 Å². The van der Waals surface area contributed by atoms with E-state index in [0.29, 0.717) is 6.61 Å². The number of carbonyl (C=O) groups excluding carboxylic acids is 1. The smallest absolute Gasteiger partial charge is 0.325 e. The number of rotatable bonds is 6. The zero-order valence-electron chi connectivity index (χ0n) is 11.3. The molecule has 1 saturated carbocycles. The number of esters is 1. The topological polar surface area (TPSA) is 56.8 Å². The fourth-order valence-electron chi connectivity index (χ4n) is 2.19. The molecule has 1 fully saturated rings. The summed E-state index contributed by atoms with van der Waals surface area (Å²) in [5.41, 5.74) is -0.701. The fourth-order valence-corrected chi connectivity index (χ4v) is 2.19. The molecule has 1 rings (SSSR count). The summed E-state index contributed by atoms with van der Waals surface area (Å²) in [5, 5.41) is 3.25. The quantitative estimate of drug-likeness (QED) is 0.699. The highest BCUT2D eigenvalue weighted by atomic mass is 16.5. The molecule has 100 valence electrons. The summed E-state index contributed by atoms with van der Waals surface area (Å²) < 4.78 is 15.7. The SMILES string of the molecule is CCOC1CC(NC(C)(C)C(=O)OC)C1OC. The van der Waals surface area contributed by atoms with Crippen LogP contribution in [-0.2, 0) is 19.0 Å². The van der Waals surface area contributed by atoms with E-state index in [2.05, 4.69) is 5.32 Å². The molecule has 5 heteroatoms. The number of hydrogen-bond acceptors (Lipinski definition) is 5. The Morgan fingerprint density at radius 3 is 2.53 bits per heavy atom. The Morgan fingerprint density at radius 2 is 2.06 bits per heavy atom. The third-order valence-corrected chi connectivity index (χ3v) is 3.14. The van der Waals surface area contributed by atoms with Gasteiger partial charge >= 0.3 is 5.97 Å². The van der Waals surface area contributed by atoms with E-state index in [1.807, 2.05) is 6.92 Å². The Balaban J connectivity index is 2.51. The summed E-state index contributed by atoms with van der Waals surface area (Å²) in [5.74, 6) is -0.271. The third kappa shape index (κ3) is 3.18. The molecule has 0 aromatic heterocycles. The first kappa shape index (κ1) is 14.4. The molecule has 3 unspecified atom stereocenters. The van der Waals surface area contributed by atoms with Crippen LogP contribution in [0, 0.1) is 0 Å². The molecule has 0 heterocycles. The van der Waals surface area contributed by atoms with Gasteiger partial charge in [-0.25, -0.2) is 0 Å². The molecule has 0 aromatic rings. The molecule has 0 spiro atoms. The van der Waals surface area contributed by atoms with E-state index in [1.54, 1.807) is 21.0 Å². The van der Waals surface area contributed by atoms with Crippen LogP contribution in [0.5, 0.6) is 0 Å². The maximum atomic E-state index is 11.6. The minimum Gasteiger partial charge on any atom is -0.468 e. The fraction of sp³-hybridized carbons (Fsp3) is 0.917. The molecular weight excluding hydrogens is 222 g/mol. The van der Waals surface area contributed by atoms with Crippen LogP contribution in [0.4, 0.5) is 0 Å². The normalized spacial score (nSPS) is 28.6. The van der Waals surface area contributed by atoms with Gasteiger partial charge < -0.3 is 14.2 Å². The second-order valence-corrected chi connectivity index (χ2v) is 4.80. The summed E-state index contributed by atoms with van der Waals surface area (Å²) in [7, 11) is 3.05. The molecule has 1 aliphatic carbocycles. The van der Waals surface area contributed by atoms with E-state index in [1.165, 1.54) is 7.11 Å². The molecule has 0 saturated heterocycles. The van der Waals surface area contributed by atoms with Crippen molar-refractivity contribution in [3.63, 3.8) is 0 Å². The van der Waals surface area contributed by atoms with Crippen LogP contribution in [0.3, 0.4) is 0 Å². The van der Waals surface area contributed by atoms with Gasteiger partial charge in [-0.05, 0) is 27.2 Å². The lowest BCUT2D eigenvalue weighted by Crippen LogP contribution is -2.65. The van der Waals surface area contributed by atoms with E-state index < -0.39 is 5.54 Å². The Labute approximate surface area is 103 Å². The van der Waals surface area contributed by atoms with E-state index in [0.717, 1.165) is 6.42 Å². The van der Waals surface area contributed by atoms with E-state index in [-0.39, 0.29) is 24.2 Å². The highest BCUT2D eigenvalue weighted by molar-refractivity contribution is 5.79. The van der Waals surface area contributed by atoms with Gasteiger partial charge in [0.05, 0.1) is 19.3 Å². The summed E-state index contributed by atoms with van der Waals surface area (Å²) in [6, 6.07) is 0.130. The van der Waals surface area contributed by atoms with Gasteiger partial charge in [0.25, 0.3) is 0 Å². The zero-order chi connectivity index (χ0) is 13.1. The Hall–Kier alpha value is -0.650. The first-order valence-electron chi connectivity index (χ1n) is 5.96. The predicted octanol–water partition coefficient (Wildman–Crippen LogP) is 0.720. The van der Waals surface area contributed by atoms with Crippen LogP contribution in [0.2, 0.25) is 0 Å². The molecule has 0 bridgehead atoms. The lowest BCUT2D eigenvalue weighted by atomic mass is 9.83. The van der Waals surface area contributed by atoms with Crippen molar-refractivity contribution < 1.29 is 19.0 Å². The summed E-state index contributed by atoms with van der Waals surface area (Å²) in [6.45, 7) is 6.25. The number of hydrogen-bond donors (Lipinski definition) is 1. The molecule has 1 N–H and O–H groups in total. The molecule has 0 amide bonds. The molecule has 0 radical (unpaired) electrons. The van der Waals surface area contributed by atoms with Crippen molar-refractivity contribution in [3.05, 3.63) is 0 Å². The van der Waals surface area contributed by atoms with Crippen molar-refractivity contribution >= 4 is 5.97 Å². The van der Waals surface area contributed by atoms with Crippen molar-refractivity contribution in [1.29, 1.82) is 0 Å². The highest BCUT2D eigenvalue weighted by Gasteiger charge is 2.45. The van der Waals surface area contributed by atoms with Crippen LogP contribution < -0.4 is 5.32 Å².